The molecule has 0 aliphatic heterocycles. The number of aliphatic carboxylic acids is 1. The lowest BCUT2D eigenvalue weighted by molar-refractivity contribution is -0.172. The van der Waals surface area contributed by atoms with E-state index in [2.05, 4.69) is 11.7 Å². The molecule has 0 heterocycles. The second kappa shape index (κ2) is 12.8. The van der Waals surface area contributed by atoms with Crippen LogP contribution in [0.4, 0.5) is 0 Å². The Balaban J connectivity index is 3.94. The van der Waals surface area contributed by atoms with Crippen molar-refractivity contribution < 1.29 is 34.1 Å². The summed E-state index contributed by atoms with van der Waals surface area (Å²) in [5.41, 5.74) is -2.50. The van der Waals surface area contributed by atoms with Crippen molar-refractivity contribution in [2.45, 2.75) is 76.7 Å². The lowest BCUT2D eigenvalue weighted by Crippen LogP contribution is -2.43. The monoisotopic (exact) mass is 346 g/mol. The summed E-state index contributed by atoms with van der Waals surface area (Å²) in [5, 5.41) is 18.9. The number of hydrogen-bond donors (Lipinski definition) is 2. The van der Waals surface area contributed by atoms with Crippen LogP contribution in [0, 0.1) is 0 Å². The number of hydrogen-bond acceptors (Lipinski definition) is 6. The van der Waals surface area contributed by atoms with Crippen LogP contribution in [-0.4, -0.2) is 47.4 Å². The molecular weight excluding hydrogens is 316 g/mol. The maximum Gasteiger partial charge on any atom is 0.336 e. The number of aliphatic hydroxyl groups is 1. The molecule has 24 heavy (non-hydrogen) atoms. The molecule has 1 atom stereocenters. The number of carboxylic acids is 1. The standard InChI is InChI=1S/C17H30O7/c1-3-4-5-6-7-8-9-10-11-24-15(19)13-17(22,16(20)21)12-14(18)23-2/h22H,3-13H2,1-2H3,(H,20,21). The summed E-state index contributed by atoms with van der Waals surface area (Å²) >= 11 is 0. The van der Waals surface area contributed by atoms with Crippen LogP contribution in [0.25, 0.3) is 0 Å². The lowest BCUT2D eigenvalue weighted by atomic mass is 9.96. The average Bonchev–Trinajstić information content (AvgIpc) is 2.52. The van der Waals surface area contributed by atoms with E-state index in [9.17, 15) is 19.5 Å². The maximum atomic E-state index is 11.6. The van der Waals surface area contributed by atoms with E-state index in [0.717, 1.165) is 26.4 Å². The Morgan fingerprint density at radius 2 is 1.38 bits per heavy atom. The second-order valence-corrected chi connectivity index (χ2v) is 5.96. The molecule has 0 saturated carbocycles. The van der Waals surface area contributed by atoms with E-state index in [1.54, 1.807) is 0 Å². The molecule has 0 amide bonds. The number of rotatable bonds is 14. The summed E-state index contributed by atoms with van der Waals surface area (Å²) in [4.78, 5) is 33.9. The largest absolute Gasteiger partial charge is 0.479 e. The van der Waals surface area contributed by atoms with Gasteiger partial charge in [0.1, 0.15) is 0 Å². The predicted octanol–water partition coefficient (Wildman–Crippen LogP) is 2.44. The summed E-state index contributed by atoms with van der Waals surface area (Å²) in [7, 11) is 1.07. The number of esters is 2. The van der Waals surface area contributed by atoms with Crippen molar-refractivity contribution in [1.82, 2.24) is 0 Å². The van der Waals surface area contributed by atoms with E-state index < -0.39 is 36.4 Å². The van der Waals surface area contributed by atoms with Crippen LogP contribution in [0.3, 0.4) is 0 Å². The molecule has 0 rings (SSSR count). The molecule has 140 valence electrons. The van der Waals surface area contributed by atoms with Crippen molar-refractivity contribution in [3.05, 3.63) is 0 Å². The van der Waals surface area contributed by atoms with Gasteiger partial charge in [0.15, 0.2) is 5.60 Å². The van der Waals surface area contributed by atoms with Crippen molar-refractivity contribution in [3.63, 3.8) is 0 Å². The van der Waals surface area contributed by atoms with E-state index >= 15 is 0 Å². The number of carboxylic acid groups (broad SMARTS) is 1. The molecule has 7 heteroatoms. The second-order valence-electron chi connectivity index (χ2n) is 5.96. The van der Waals surface area contributed by atoms with E-state index in [1.807, 2.05) is 0 Å². The highest BCUT2D eigenvalue weighted by Crippen LogP contribution is 2.18. The zero-order chi connectivity index (χ0) is 18.4. The maximum absolute atomic E-state index is 11.6. The van der Waals surface area contributed by atoms with Crippen molar-refractivity contribution in [2.75, 3.05) is 13.7 Å². The molecular formula is C17H30O7. The fourth-order valence-electron chi connectivity index (χ4n) is 2.24. The Labute approximate surface area is 143 Å². The SMILES string of the molecule is CCCCCCCCCCOC(=O)CC(O)(CC(=O)OC)C(=O)O. The van der Waals surface area contributed by atoms with Gasteiger partial charge in [0.05, 0.1) is 26.6 Å². The van der Waals surface area contributed by atoms with Gasteiger partial charge in [-0.2, -0.15) is 0 Å². The van der Waals surface area contributed by atoms with Gasteiger partial charge in [-0.05, 0) is 6.42 Å². The minimum atomic E-state index is -2.50. The van der Waals surface area contributed by atoms with Gasteiger partial charge in [-0.3, -0.25) is 9.59 Å². The van der Waals surface area contributed by atoms with E-state index in [4.69, 9.17) is 9.84 Å². The van der Waals surface area contributed by atoms with Gasteiger partial charge >= 0.3 is 17.9 Å². The molecule has 0 aromatic heterocycles. The zero-order valence-electron chi connectivity index (χ0n) is 14.7. The van der Waals surface area contributed by atoms with Gasteiger partial charge in [-0.25, -0.2) is 4.79 Å². The number of unbranched alkanes of at least 4 members (excludes halogenated alkanes) is 7. The van der Waals surface area contributed by atoms with Gasteiger partial charge in [0.2, 0.25) is 0 Å². The smallest absolute Gasteiger partial charge is 0.336 e. The third kappa shape index (κ3) is 10.2. The van der Waals surface area contributed by atoms with Crippen LogP contribution in [0.15, 0.2) is 0 Å². The Morgan fingerprint density at radius 1 is 0.875 bits per heavy atom. The van der Waals surface area contributed by atoms with Gasteiger partial charge in [-0.1, -0.05) is 51.9 Å². The first-order valence-corrected chi connectivity index (χ1v) is 8.54. The van der Waals surface area contributed by atoms with Crippen LogP contribution in [0.1, 0.15) is 71.1 Å². The third-order valence-corrected chi connectivity index (χ3v) is 3.76. The summed E-state index contributed by atoms with van der Waals surface area (Å²) in [6.45, 7) is 2.35. The Morgan fingerprint density at radius 3 is 1.88 bits per heavy atom. The quantitative estimate of drug-likeness (QED) is 0.367. The minimum absolute atomic E-state index is 0.182. The first kappa shape index (κ1) is 22.4. The summed E-state index contributed by atoms with van der Waals surface area (Å²) in [6, 6.07) is 0. The first-order chi connectivity index (χ1) is 11.4. The molecule has 7 nitrogen and oxygen atoms in total. The number of carbonyl (C=O) groups excluding carboxylic acids is 2. The van der Waals surface area contributed by atoms with Crippen LogP contribution in [0.5, 0.6) is 0 Å². The molecule has 0 aliphatic carbocycles. The fourth-order valence-corrected chi connectivity index (χ4v) is 2.24. The van der Waals surface area contributed by atoms with E-state index in [0.29, 0.717) is 6.42 Å². The molecule has 0 aromatic carbocycles. The molecule has 0 saturated heterocycles. The molecule has 0 aliphatic rings. The van der Waals surface area contributed by atoms with Crippen LogP contribution in [-0.2, 0) is 23.9 Å². The van der Waals surface area contributed by atoms with Crippen molar-refractivity contribution >= 4 is 17.9 Å². The van der Waals surface area contributed by atoms with E-state index in [1.165, 1.54) is 25.7 Å². The van der Waals surface area contributed by atoms with Crippen LogP contribution >= 0.6 is 0 Å². The number of ether oxygens (including phenoxy) is 2. The highest BCUT2D eigenvalue weighted by atomic mass is 16.5. The zero-order valence-corrected chi connectivity index (χ0v) is 14.7. The Bertz CT molecular complexity index is 394. The normalized spacial score (nSPS) is 13.1. The highest BCUT2D eigenvalue weighted by molar-refractivity contribution is 5.88. The number of methoxy groups -OCH3 is 1. The van der Waals surface area contributed by atoms with Crippen LogP contribution in [0.2, 0.25) is 0 Å². The topological polar surface area (TPSA) is 110 Å². The predicted molar refractivity (Wildman–Crippen MR) is 87.4 cm³/mol. The highest BCUT2D eigenvalue weighted by Gasteiger charge is 2.41. The lowest BCUT2D eigenvalue weighted by Gasteiger charge is -2.20. The molecule has 0 bridgehead atoms. The van der Waals surface area contributed by atoms with E-state index in [-0.39, 0.29) is 6.61 Å². The molecule has 0 radical (unpaired) electrons. The number of carbonyl (C=O) groups is 3. The van der Waals surface area contributed by atoms with Gasteiger partial charge in [0.25, 0.3) is 0 Å². The third-order valence-electron chi connectivity index (χ3n) is 3.76. The first-order valence-electron chi connectivity index (χ1n) is 8.54. The summed E-state index contributed by atoms with van der Waals surface area (Å²) in [5.74, 6) is -3.40. The van der Waals surface area contributed by atoms with Crippen molar-refractivity contribution in [1.29, 1.82) is 0 Å². The van der Waals surface area contributed by atoms with Crippen molar-refractivity contribution in [2.24, 2.45) is 0 Å². The molecule has 2 N–H and O–H groups in total. The van der Waals surface area contributed by atoms with Gasteiger partial charge in [0, 0.05) is 0 Å². The molecule has 0 aromatic rings. The van der Waals surface area contributed by atoms with Gasteiger partial charge < -0.3 is 19.7 Å². The molecule has 0 spiro atoms. The Hall–Kier alpha value is -1.63. The Kier molecular flexibility index (Phi) is 11.9. The van der Waals surface area contributed by atoms with Crippen LogP contribution < -0.4 is 0 Å². The van der Waals surface area contributed by atoms with Gasteiger partial charge in [-0.15, -0.1) is 0 Å². The van der Waals surface area contributed by atoms with Crippen molar-refractivity contribution in [3.8, 4) is 0 Å². The minimum Gasteiger partial charge on any atom is -0.479 e. The summed E-state index contributed by atoms with van der Waals surface area (Å²) in [6.07, 6.45) is 7.22. The molecule has 0 fully saturated rings. The summed E-state index contributed by atoms with van der Waals surface area (Å²) < 4.78 is 9.26. The average molecular weight is 346 g/mol. The fraction of sp³-hybridized carbons (Fsp3) is 0.824. The molecule has 1 unspecified atom stereocenters.